The minimum atomic E-state index is -3.59. The number of hydrogen-bond donors (Lipinski definition) is 2. The molecule has 0 aliphatic carbocycles. The van der Waals surface area contributed by atoms with Gasteiger partial charge in [-0.05, 0) is 31.7 Å². The van der Waals surface area contributed by atoms with E-state index in [0.717, 1.165) is 0 Å². The molecule has 0 unspecified atom stereocenters. The van der Waals surface area contributed by atoms with Crippen molar-refractivity contribution >= 4 is 22.1 Å². The molecule has 0 heterocycles. The average molecular weight is 255 g/mol. The van der Waals surface area contributed by atoms with Crippen LogP contribution >= 0.6 is 0 Å². The van der Waals surface area contributed by atoms with Gasteiger partial charge in [-0.3, -0.25) is 0 Å². The van der Waals surface area contributed by atoms with Crippen LogP contribution in [0, 0.1) is 0 Å². The normalized spacial score (nSPS) is 12.5. The highest BCUT2D eigenvalue weighted by Gasteiger charge is 2.15. The summed E-state index contributed by atoms with van der Waals surface area (Å²) in [7, 11) is -2.28. The monoisotopic (exact) mass is 255 g/mol. The first-order valence-corrected chi connectivity index (χ1v) is 6.31. The molecule has 1 rings (SSSR count). The summed E-state index contributed by atoms with van der Waals surface area (Å²) in [6, 6.07) is 6.21. The summed E-state index contributed by atoms with van der Waals surface area (Å²) >= 11 is 0. The Hall–Kier alpha value is -1.66. The van der Waals surface area contributed by atoms with E-state index >= 15 is 0 Å². The number of benzene rings is 1. The average Bonchev–Trinajstić information content (AvgIpc) is 2.29. The van der Waals surface area contributed by atoms with E-state index < -0.39 is 16.0 Å². The Balaban J connectivity index is 3.37. The second-order valence-corrected chi connectivity index (χ2v) is 5.23. The van der Waals surface area contributed by atoms with Crippen LogP contribution in [0.1, 0.15) is 12.5 Å². The number of rotatable bonds is 4. The van der Waals surface area contributed by atoms with E-state index in [1.807, 2.05) is 0 Å². The zero-order valence-corrected chi connectivity index (χ0v) is 10.3. The van der Waals surface area contributed by atoms with Crippen molar-refractivity contribution in [2.24, 2.45) is 0 Å². The first kappa shape index (κ1) is 13.4. The third-order valence-electron chi connectivity index (χ3n) is 2.19. The van der Waals surface area contributed by atoms with Crippen molar-refractivity contribution < 1.29 is 18.3 Å². The Kier molecular flexibility index (Phi) is 4.03. The molecule has 0 aliphatic rings. The van der Waals surface area contributed by atoms with Crippen molar-refractivity contribution in [2.45, 2.75) is 11.8 Å². The summed E-state index contributed by atoms with van der Waals surface area (Å²) in [5.74, 6) is -1.08. The first-order chi connectivity index (χ1) is 7.88. The molecular weight excluding hydrogens is 242 g/mol. The van der Waals surface area contributed by atoms with Crippen LogP contribution in [0.4, 0.5) is 0 Å². The molecule has 0 aliphatic heterocycles. The molecule has 17 heavy (non-hydrogen) atoms. The molecule has 0 bridgehead atoms. The van der Waals surface area contributed by atoms with Crippen LogP contribution in [-0.4, -0.2) is 26.5 Å². The van der Waals surface area contributed by atoms with Gasteiger partial charge in [-0.1, -0.05) is 18.2 Å². The van der Waals surface area contributed by atoms with Crippen molar-refractivity contribution in [3.63, 3.8) is 0 Å². The molecule has 92 valence electrons. The molecule has 1 aromatic carbocycles. The number of nitrogens with one attached hydrogen (secondary N) is 1. The van der Waals surface area contributed by atoms with Gasteiger partial charge in [-0.2, -0.15) is 0 Å². The highest BCUT2D eigenvalue weighted by Crippen LogP contribution is 2.18. The van der Waals surface area contributed by atoms with Crippen molar-refractivity contribution in [1.29, 1.82) is 0 Å². The van der Waals surface area contributed by atoms with Gasteiger partial charge < -0.3 is 5.11 Å². The molecule has 0 saturated heterocycles. The number of carboxylic acid groups (broad SMARTS) is 1. The van der Waals surface area contributed by atoms with Crippen LogP contribution in [0.25, 0.3) is 6.08 Å². The molecule has 1 aromatic rings. The van der Waals surface area contributed by atoms with Gasteiger partial charge in [0.2, 0.25) is 10.0 Å². The molecule has 5 nitrogen and oxygen atoms in total. The van der Waals surface area contributed by atoms with Crippen LogP contribution in [-0.2, 0) is 14.8 Å². The van der Waals surface area contributed by atoms with Crippen LogP contribution in [0.2, 0.25) is 0 Å². The van der Waals surface area contributed by atoms with Crippen molar-refractivity contribution in [3.05, 3.63) is 35.4 Å². The van der Waals surface area contributed by atoms with E-state index in [0.29, 0.717) is 5.56 Å². The Labute approximate surface area is 99.8 Å². The summed E-state index contributed by atoms with van der Waals surface area (Å²) in [4.78, 5) is 10.8. The number of sulfonamides is 1. The molecule has 0 amide bonds. The van der Waals surface area contributed by atoms with Crippen LogP contribution in [0.5, 0.6) is 0 Å². The van der Waals surface area contributed by atoms with E-state index in [4.69, 9.17) is 5.11 Å². The lowest BCUT2D eigenvalue weighted by Gasteiger charge is -2.06. The minimum absolute atomic E-state index is 0.0584. The number of aliphatic carboxylic acids is 1. The fourth-order valence-electron chi connectivity index (χ4n) is 1.25. The third-order valence-corrected chi connectivity index (χ3v) is 3.67. The van der Waals surface area contributed by atoms with Gasteiger partial charge in [0, 0.05) is 5.57 Å². The molecule has 0 atom stereocenters. The quantitative estimate of drug-likeness (QED) is 0.789. The summed E-state index contributed by atoms with van der Waals surface area (Å²) in [6.07, 6.45) is 1.33. The first-order valence-electron chi connectivity index (χ1n) is 4.82. The Morgan fingerprint density at radius 2 is 1.94 bits per heavy atom. The Bertz CT molecular complexity index is 561. The van der Waals surface area contributed by atoms with Gasteiger partial charge in [0.25, 0.3) is 0 Å². The summed E-state index contributed by atoms with van der Waals surface area (Å²) in [5, 5.41) is 8.76. The predicted molar refractivity (Wildman–Crippen MR) is 64.0 cm³/mol. The number of carboxylic acids is 1. The molecule has 6 heteroatoms. The SMILES string of the molecule is CNS(=O)(=O)c1ccccc1/C=C(\C)C(=O)O. The van der Waals surface area contributed by atoms with Crippen molar-refractivity contribution in [1.82, 2.24) is 4.72 Å². The van der Waals surface area contributed by atoms with Gasteiger partial charge in [-0.25, -0.2) is 17.9 Å². The highest BCUT2D eigenvalue weighted by atomic mass is 32.2. The summed E-state index contributed by atoms with van der Waals surface area (Å²) in [6.45, 7) is 1.41. The van der Waals surface area contributed by atoms with E-state index in [-0.39, 0.29) is 10.5 Å². The van der Waals surface area contributed by atoms with E-state index in [1.165, 1.54) is 26.1 Å². The lowest BCUT2D eigenvalue weighted by molar-refractivity contribution is -0.132. The molecule has 0 saturated carbocycles. The van der Waals surface area contributed by atoms with Crippen LogP contribution in [0.3, 0.4) is 0 Å². The van der Waals surface area contributed by atoms with Crippen LogP contribution in [0.15, 0.2) is 34.7 Å². The zero-order chi connectivity index (χ0) is 13.1. The van der Waals surface area contributed by atoms with Gasteiger partial charge in [0.15, 0.2) is 0 Å². The largest absolute Gasteiger partial charge is 0.478 e. The van der Waals surface area contributed by atoms with Gasteiger partial charge in [-0.15, -0.1) is 0 Å². The lowest BCUT2D eigenvalue weighted by Crippen LogP contribution is -2.19. The molecule has 0 radical (unpaired) electrons. The molecule has 0 fully saturated rings. The molecular formula is C11H13NO4S. The standard InChI is InChI=1S/C11H13NO4S/c1-8(11(13)14)7-9-5-3-4-6-10(9)17(15,16)12-2/h3-7,12H,1-2H3,(H,13,14)/b8-7+. The maximum absolute atomic E-state index is 11.7. The molecule has 0 aromatic heterocycles. The Morgan fingerprint density at radius 3 is 2.47 bits per heavy atom. The van der Waals surface area contributed by atoms with E-state index in [1.54, 1.807) is 18.2 Å². The maximum Gasteiger partial charge on any atom is 0.331 e. The second-order valence-electron chi connectivity index (χ2n) is 3.38. The second kappa shape index (κ2) is 5.11. The molecule has 2 N–H and O–H groups in total. The fraction of sp³-hybridized carbons (Fsp3) is 0.182. The summed E-state index contributed by atoms with van der Waals surface area (Å²) < 4.78 is 25.6. The fourth-order valence-corrected chi connectivity index (χ4v) is 2.16. The van der Waals surface area contributed by atoms with Crippen molar-refractivity contribution in [3.8, 4) is 0 Å². The van der Waals surface area contributed by atoms with Gasteiger partial charge >= 0.3 is 5.97 Å². The number of carbonyl (C=O) groups is 1. The number of hydrogen-bond acceptors (Lipinski definition) is 3. The highest BCUT2D eigenvalue weighted by molar-refractivity contribution is 7.89. The smallest absolute Gasteiger partial charge is 0.331 e. The topological polar surface area (TPSA) is 83.5 Å². The van der Waals surface area contributed by atoms with Crippen LogP contribution < -0.4 is 4.72 Å². The van der Waals surface area contributed by atoms with Gasteiger partial charge in [0.1, 0.15) is 0 Å². The van der Waals surface area contributed by atoms with E-state index in [2.05, 4.69) is 4.72 Å². The lowest BCUT2D eigenvalue weighted by atomic mass is 10.1. The van der Waals surface area contributed by atoms with Crippen molar-refractivity contribution in [2.75, 3.05) is 7.05 Å². The van der Waals surface area contributed by atoms with E-state index in [9.17, 15) is 13.2 Å². The molecule has 0 spiro atoms. The minimum Gasteiger partial charge on any atom is -0.478 e. The third kappa shape index (κ3) is 3.15. The predicted octanol–water partition coefficient (Wildman–Crippen LogP) is 1.08. The van der Waals surface area contributed by atoms with Gasteiger partial charge in [0.05, 0.1) is 4.90 Å². The Morgan fingerprint density at radius 1 is 1.35 bits per heavy atom. The zero-order valence-electron chi connectivity index (χ0n) is 9.47. The summed E-state index contributed by atoms with van der Waals surface area (Å²) in [5.41, 5.74) is 0.422. The maximum atomic E-state index is 11.7.